The predicted molar refractivity (Wildman–Crippen MR) is 138 cm³/mol. The standard InChI is InChI=1S/C29H35FN2O5/c1-5-37-21-7-8-22-18(15-21)11-13-32(28(36)17(2)6-9-24(33)34)26(22)27(35)31-20-14-19-10-12-29(3,4)25(19)23(30)16-20/h7-8,14-17,26H,5-6,9-13H2,1-4H3,(H,31,35)(H,33,34)/t17-,26+/m0/s1. The minimum absolute atomic E-state index is 0.128. The van der Waals surface area contributed by atoms with Gasteiger partial charge in [-0.15, -0.1) is 0 Å². The average Bonchev–Trinajstić information content (AvgIpc) is 3.15. The molecule has 0 unspecified atom stereocenters. The molecule has 0 bridgehead atoms. The quantitative estimate of drug-likeness (QED) is 0.520. The number of carboxylic acids is 1. The molecule has 0 aromatic heterocycles. The van der Waals surface area contributed by atoms with Crippen LogP contribution in [0.4, 0.5) is 10.1 Å². The van der Waals surface area contributed by atoms with Crippen LogP contribution in [0.15, 0.2) is 30.3 Å². The minimum atomic E-state index is -0.969. The fourth-order valence-corrected chi connectivity index (χ4v) is 5.60. The molecule has 8 heteroatoms. The summed E-state index contributed by atoms with van der Waals surface area (Å²) >= 11 is 0. The molecule has 1 aliphatic heterocycles. The Morgan fingerprint density at radius 2 is 1.95 bits per heavy atom. The molecule has 1 aliphatic carbocycles. The molecule has 2 aromatic carbocycles. The fraction of sp³-hybridized carbons (Fsp3) is 0.483. The number of carbonyl (C=O) groups excluding carboxylic acids is 2. The van der Waals surface area contributed by atoms with Crippen LogP contribution in [0.25, 0.3) is 0 Å². The highest BCUT2D eigenvalue weighted by atomic mass is 19.1. The molecule has 0 fully saturated rings. The lowest BCUT2D eigenvalue weighted by Crippen LogP contribution is -2.47. The van der Waals surface area contributed by atoms with E-state index in [1.807, 2.05) is 32.9 Å². The van der Waals surface area contributed by atoms with E-state index in [1.165, 1.54) is 11.0 Å². The number of carboxylic acid groups (broad SMARTS) is 1. The highest BCUT2D eigenvalue weighted by Gasteiger charge is 2.38. The monoisotopic (exact) mass is 510 g/mol. The maximum atomic E-state index is 15.1. The van der Waals surface area contributed by atoms with Crippen LogP contribution in [0.5, 0.6) is 5.75 Å². The molecule has 1 heterocycles. The molecule has 2 atom stereocenters. The summed E-state index contributed by atoms with van der Waals surface area (Å²) in [6, 6.07) is 7.74. The molecule has 2 N–H and O–H groups in total. The van der Waals surface area contributed by atoms with Gasteiger partial charge in [-0.05, 0) is 84.5 Å². The lowest BCUT2D eigenvalue weighted by Gasteiger charge is -2.38. The molecule has 0 saturated heterocycles. The van der Waals surface area contributed by atoms with Crippen LogP contribution in [-0.2, 0) is 32.6 Å². The first-order chi connectivity index (χ1) is 17.5. The molecule has 0 radical (unpaired) electrons. The molecule has 0 spiro atoms. The number of anilines is 1. The van der Waals surface area contributed by atoms with Crippen molar-refractivity contribution in [3.8, 4) is 5.75 Å². The molecule has 198 valence electrons. The number of ether oxygens (including phenoxy) is 1. The van der Waals surface area contributed by atoms with Gasteiger partial charge < -0.3 is 20.1 Å². The van der Waals surface area contributed by atoms with Gasteiger partial charge in [-0.25, -0.2) is 4.39 Å². The molecule has 0 saturated carbocycles. The number of rotatable bonds is 8. The maximum absolute atomic E-state index is 15.1. The largest absolute Gasteiger partial charge is 0.494 e. The van der Waals surface area contributed by atoms with Crippen molar-refractivity contribution in [3.63, 3.8) is 0 Å². The average molecular weight is 511 g/mol. The van der Waals surface area contributed by atoms with E-state index >= 15 is 4.39 Å². The number of halogens is 1. The van der Waals surface area contributed by atoms with Crippen molar-refractivity contribution in [3.05, 3.63) is 58.4 Å². The van der Waals surface area contributed by atoms with Gasteiger partial charge in [0.25, 0.3) is 5.91 Å². The van der Waals surface area contributed by atoms with Crippen molar-refractivity contribution in [2.45, 2.75) is 71.3 Å². The number of nitrogens with zero attached hydrogens (tertiary/aromatic N) is 1. The van der Waals surface area contributed by atoms with Crippen molar-refractivity contribution >= 4 is 23.5 Å². The van der Waals surface area contributed by atoms with E-state index in [0.717, 1.165) is 24.0 Å². The second kappa shape index (κ2) is 10.5. The first-order valence-corrected chi connectivity index (χ1v) is 12.9. The predicted octanol–water partition coefficient (Wildman–Crippen LogP) is 5.01. The zero-order valence-electron chi connectivity index (χ0n) is 21.9. The van der Waals surface area contributed by atoms with Crippen molar-refractivity contribution in [1.82, 2.24) is 4.90 Å². The number of hydrogen-bond donors (Lipinski definition) is 2. The SMILES string of the molecule is CCOc1ccc2c(c1)CCN(C(=O)[C@@H](C)CCC(=O)O)[C@H]2C(=O)Nc1cc(F)c2c(c1)CCC2(C)C. The number of amides is 2. The van der Waals surface area contributed by atoms with Gasteiger partial charge >= 0.3 is 5.97 Å². The maximum Gasteiger partial charge on any atom is 0.303 e. The van der Waals surface area contributed by atoms with E-state index in [9.17, 15) is 14.4 Å². The summed E-state index contributed by atoms with van der Waals surface area (Å²) in [7, 11) is 0. The highest BCUT2D eigenvalue weighted by molar-refractivity contribution is 5.99. The summed E-state index contributed by atoms with van der Waals surface area (Å²) in [5.74, 6) is -1.88. The Morgan fingerprint density at radius 1 is 1.19 bits per heavy atom. The third kappa shape index (κ3) is 5.48. The van der Waals surface area contributed by atoms with Crippen molar-refractivity contribution in [2.24, 2.45) is 5.92 Å². The number of nitrogens with one attached hydrogen (secondary N) is 1. The lowest BCUT2D eigenvalue weighted by atomic mass is 9.86. The Kier molecular flexibility index (Phi) is 7.57. The topological polar surface area (TPSA) is 95.9 Å². The molecule has 2 aromatic rings. The van der Waals surface area contributed by atoms with Crippen molar-refractivity contribution in [1.29, 1.82) is 0 Å². The number of aliphatic carboxylic acids is 1. The van der Waals surface area contributed by atoms with Gasteiger partial charge in [0, 0.05) is 24.6 Å². The summed E-state index contributed by atoms with van der Waals surface area (Å²) in [5, 5.41) is 11.9. The Morgan fingerprint density at radius 3 is 2.65 bits per heavy atom. The molecule has 37 heavy (non-hydrogen) atoms. The number of fused-ring (bicyclic) bond motifs is 2. The van der Waals surface area contributed by atoms with Crippen LogP contribution >= 0.6 is 0 Å². The fourth-order valence-electron chi connectivity index (χ4n) is 5.60. The zero-order chi connectivity index (χ0) is 26.9. The number of carbonyl (C=O) groups is 3. The van der Waals surface area contributed by atoms with E-state index in [1.54, 1.807) is 19.1 Å². The van der Waals surface area contributed by atoms with Crippen molar-refractivity contribution in [2.75, 3.05) is 18.5 Å². The van der Waals surface area contributed by atoms with Gasteiger partial charge in [0.2, 0.25) is 5.91 Å². The van der Waals surface area contributed by atoms with Crippen LogP contribution in [-0.4, -0.2) is 40.9 Å². The van der Waals surface area contributed by atoms with E-state index < -0.39 is 23.8 Å². The normalized spacial score (nSPS) is 18.5. The molecule has 2 amide bonds. The Balaban J connectivity index is 1.66. The number of aryl methyl sites for hydroxylation is 1. The van der Waals surface area contributed by atoms with E-state index in [-0.39, 0.29) is 30.0 Å². The van der Waals surface area contributed by atoms with Crippen LogP contribution in [0.3, 0.4) is 0 Å². The number of benzene rings is 2. The molecule has 2 aliphatic rings. The third-order valence-electron chi connectivity index (χ3n) is 7.53. The molecule has 4 rings (SSSR count). The summed E-state index contributed by atoms with van der Waals surface area (Å²) in [6.45, 7) is 8.44. The number of hydrogen-bond acceptors (Lipinski definition) is 4. The first-order valence-electron chi connectivity index (χ1n) is 12.9. The minimum Gasteiger partial charge on any atom is -0.494 e. The second-order valence-corrected chi connectivity index (χ2v) is 10.7. The first kappa shape index (κ1) is 26.6. The second-order valence-electron chi connectivity index (χ2n) is 10.7. The third-order valence-corrected chi connectivity index (χ3v) is 7.53. The van der Waals surface area contributed by atoms with Crippen LogP contribution in [0, 0.1) is 11.7 Å². The molecular formula is C29H35FN2O5. The van der Waals surface area contributed by atoms with Gasteiger partial charge in [-0.3, -0.25) is 14.4 Å². The Labute approximate surface area is 217 Å². The van der Waals surface area contributed by atoms with Gasteiger partial charge in [0.15, 0.2) is 0 Å². The molecule has 7 nitrogen and oxygen atoms in total. The van der Waals surface area contributed by atoms with Crippen LogP contribution in [0.2, 0.25) is 0 Å². The Bertz CT molecular complexity index is 1230. The summed E-state index contributed by atoms with van der Waals surface area (Å²) < 4.78 is 20.7. The van der Waals surface area contributed by atoms with Gasteiger partial charge in [-0.2, -0.15) is 0 Å². The summed E-state index contributed by atoms with van der Waals surface area (Å²) in [5.41, 5.74) is 3.30. The van der Waals surface area contributed by atoms with Gasteiger partial charge in [0.1, 0.15) is 17.6 Å². The molecular weight excluding hydrogens is 475 g/mol. The van der Waals surface area contributed by atoms with Gasteiger partial charge in [0.05, 0.1) is 6.61 Å². The van der Waals surface area contributed by atoms with Gasteiger partial charge in [-0.1, -0.05) is 26.8 Å². The van der Waals surface area contributed by atoms with E-state index in [0.29, 0.717) is 42.1 Å². The van der Waals surface area contributed by atoms with Crippen molar-refractivity contribution < 1.29 is 28.6 Å². The van der Waals surface area contributed by atoms with Crippen LogP contribution < -0.4 is 10.1 Å². The highest BCUT2D eigenvalue weighted by Crippen LogP contribution is 2.41. The zero-order valence-corrected chi connectivity index (χ0v) is 21.9. The smallest absolute Gasteiger partial charge is 0.303 e. The van der Waals surface area contributed by atoms with E-state index in [2.05, 4.69) is 5.32 Å². The van der Waals surface area contributed by atoms with Crippen LogP contribution in [0.1, 0.15) is 75.3 Å². The summed E-state index contributed by atoms with van der Waals surface area (Å²) in [6.07, 6.45) is 2.17. The summed E-state index contributed by atoms with van der Waals surface area (Å²) in [4.78, 5) is 39.7. The lowest BCUT2D eigenvalue weighted by molar-refractivity contribution is -0.143. The van der Waals surface area contributed by atoms with E-state index in [4.69, 9.17) is 9.84 Å². The Hall–Kier alpha value is -3.42.